The lowest BCUT2D eigenvalue weighted by Crippen LogP contribution is -2.41. The van der Waals surface area contributed by atoms with Crippen LogP contribution in [0.1, 0.15) is 17.5 Å². The maximum absolute atomic E-state index is 12.8. The van der Waals surface area contributed by atoms with Crippen LogP contribution in [0.25, 0.3) is 0 Å². The largest absolute Gasteiger partial charge is 0.495 e. The van der Waals surface area contributed by atoms with E-state index in [0.717, 1.165) is 17.5 Å². The summed E-state index contributed by atoms with van der Waals surface area (Å²) in [6.45, 7) is 0.287. The summed E-state index contributed by atoms with van der Waals surface area (Å²) in [6.07, 6.45) is 0.403. The molecule has 1 unspecified atom stereocenters. The number of benzene rings is 1. The number of hydrogen-bond acceptors (Lipinski definition) is 8. The molecule has 1 amide bonds. The minimum atomic E-state index is -4.65. The third-order valence-corrected chi connectivity index (χ3v) is 8.08. The van der Waals surface area contributed by atoms with Crippen molar-refractivity contribution in [3.05, 3.63) is 46.6 Å². The lowest BCUT2D eigenvalue weighted by molar-refractivity contribution is -0.208. The van der Waals surface area contributed by atoms with Crippen molar-refractivity contribution in [2.75, 3.05) is 37.4 Å². The first-order chi connectivity index (χ1) is 18.5. The Hall–Kier alpha value is -3.09. The van der Waals surface area contributed by atoms with Gasteiger partial charge in [0.25, 0.3) is 0 Å². The highest BCUT2D eigenvalue weighted by molar-refractivity contribution is 6.32. The summed E-state index contributed by atoms with van der Waals surface area (Å²) in [4.78, 5) is 22.5. The first kappa shape index (κ1) is 27.5. The molecule has 2 aliphatic carbocycles. The van der Waals surface area contributed by atoms with Crippen LogP contribution in [0.15, 0.2) is 30.5 Å². The number of carbonyl (C=O) groups excluding carboxylic acids is 1. The Kier molecular flexibility index (Phi) is 7.62. The van der Waals surface area contributed by atoms with E-state index in [1.807, 2.05) is 18.2 Å². The van der Waals surface area contributed by atoms with Crippen molar-refractivity contribution in [2.45, 2.75) is 37.6 Å². The van der Waals surface area contributed by atoms with Crippen molar-refractivity contribution in [1.82, 2.24) is 14.9 Å². The van der Waals surface area contributed by atoms with Crippen molar-refractivity contribution in [3.8, 4) is 5.75 Å². The van der Waals surface area contributed by atoms with E-state index in [-0.39, 0.29) is 35.7 Å². The first-order valence-corrected chi connectivity index (χ1v) is 13.1. The minimum Gasteiger partial charge on any atom is -0.495 e. The van der Waals surface area contributed by atoms with Gasteiger partial charge in [0.2, 0.25) is 11.9 Å². The monoisotopic (exact) mass is 566 g/mol. The van der Waals surface area contributed by atoms with Crippen LogP contribution >= 0.6 is 11.6 Å². The van der Waals surface area contributed by atoms with E-state index in [9.17, 15) is 23.1 Å². The second-order valence-corrected chi connectivity index (χ2v) is 10.6. The number of amides is 1. The zero-order chi connectivity index (χ0) is 27.9. The molecule has 5 atom stereocenters. The number of carbonyl (C=O) groups is 1. The van der Waals surface area contributed by atoms with Gasteiger partial charge >= 0.3 is 6.18 Å². The molecule has 3 aliphatic rings. The Morgan fingerprint density at radius 2 is 1.95 bits per heavy atom. The van der Waals surface area contributed by atoms with Gasteiger partial charge in [-0.1, -0.05) is 23.8 Å². The molecule has 5 N–H and O–H groups in total. The number of primary amides is 1. The number of anilines is 3. The average molecular weight is 567 g/mol. The number of hydrogen-bond donors (Lipinski definition) is 4. The number of aromatic nitrogens is 2. The third kappa shape index (κ3) is 5.78. The van der Waals surface area contributed by atoms with Gasteiger partial charge in [0.15, 0.2) is 11.9 Å². The van der Waals surface area contributed by atoms with Crippen molar-refractivity contribution < 1.29 is 27.8 Å². The zero-order valence-corrected chi connectivity index (χ0v) is 22.0. The van der Waals surface area contributed by atoms with E-state index in [2.05, 4.69) is 26.7 Å². The molecule has 1 aromatic heterocycles. The van der Waals surface area contributed by atoms with Crippen molar-refractivity contribution in [1.29, 1.82) is 0 Å². The van der Waals surface area contributed by atoms with E-state index >= 15 is 0 Å². The Labute approximate surface area is 228 Å². The van der Waals surface area contributed by atoms with Crippen molar-refractivity contribution >= 4 is 35.0 Å². The second-order valence-electron chi connectivity index (χ2n) is 10.2. The maximum Gasteiger partial charge on any atom is 0.415 e. The molecule has 0 radical (unpaired) electrons. The number of fused-ring (bicyclic) bond motifs is 3. The second kappa shape index (κ2) is 10.8. The highest BCUT2D eigenvalue weighted by atomic mass is 35.5. The molecule has 0 spiro atoms. The standard InChI is InChI=1S/C26H30ClF3N6O3/c1-39-19-10-14-5-7-36(12-20(37)26(28,29)30)6-4-13(14)9-18(19)33-25-32-11-17(27)24(35-25)34-22-16-3-2-15(8-16)21(22)23(31)38/h2-3,9-11,15-16,20-22,37H,4-8,12H2,1H3,(H2,31,38)(H2,32,33,34,35)/t15-,16+,20?,21+,22-/m1/s1. The van der Waals surface area contributed by atoms with Crippen LogP contribution in [0.4, 0.5) is 30.6 Å². The van der Waals surface area contributed by atoms with Crippen LogP contribution in [0.2, 0.25) is 5.02 Å². The van der Waals surface area contributed by atoms with E-state index in [4.69, 9.17) is 22.1 Å². The number of β-amino-alcohol motifs (C(OH)–C–C–N with tert-alkyl or cyclic N) is 1. The smallest absolute Gasteiger partial charge is 0.415 e. The quantitative estimate of drug-likeness (QED) is 0.359. The van der Waals surface area contributed by atoms with Crippen LogP contribution < -0.4 is 21.1 Å². The zero-order valence-electron chi connectivity index (χ0n) is 21.2. The van der Waals surface area contributed by atoms with E-state index < -0.39 is 18.8 Å². The van der Waals surface area contributed by atoms with E-state index in [1.54, 1.807) is 4.90 Å². The number of nitrogens with zero attached hydrogens (tertiary/aromatic N) is 3. The summed E-state index contributed by atoms with van der Waals surface area (Å²) in [5, 5.41) is 16.3. The molecular weight excluding hydrogens is 537 g/mol. The fourth-order valence-electron chi connectivity index (χ4n) is 5.81. The highest BCUT2D eigenvalue weighted by Gasteiger charge is 2.47. The molecule has 9 nitrogen and oxygen atoms in total. The average Bonchev–Trinajstić information content (AvgIpc) is 3.43. The molecule has 5 rings (SSSR count). The summed E-state index contributed by atoms with van der Waals surface area (Å²) in [7, 11) is 1.53. The van der Waals surface area contributed by atoms with Gasteiger partial charge in [-0.15, -0.1) is 0 Å². The Balaban J connectivity index is 1.33. The molecular formula is C26H30ClF3N6O3. The molecule has 2 heterocycles. The number of allylic oxidation sites excluding steroid dienone is 1. The van der Waals surface area contributed by atoms with Gasteiger partial charge < -0.3 is 26.2 Å². The van der Waals surface area contributed by atoms with Crippen molar-refractivity contribution in [3.63, 3.8) is 0 Å². The van der Waals surface area contributed by atoms with Gasteiger partial charge in [-0.2, -0.15) is 18.2 Å². The predicted octanol–water partition coefficient (Wildman–Crippen LogP) is 3.29. The molecule has 2 aromatic rings. The minimum absolute atomic E-state index is 0.0969. The molecule has 210 valence electrons. The lowest BCUT2D eigenvalue weighted by Gasteiger charge is -2.27. The van der Waals surface area contributed by atoms with E-state index in [1.165, 1.54) is 13.3 Å². The Bertz CT molecular complexity index is 1280. The number of ether oxygens (including phenoxy) is 1. The number of rotatable bonds is 8. The van der Waals surface area contributed by atoms with Gasteiger partial charge in [0, 0.05) is 25.7 Å². The van der Waals surface area contributed by atoms with Gasteiger partial charge in [0.1, 0.15) is 10.8 Å². The SMILES string of the molecule is COc1cc2c(cc1Nc1ncc(Cl)c(N[C@H]3[C@@H](C(N)=O)[C@@H]4C=C[C@H]3C4)n1)CCN(CC(O)C(F)(F)F)CC2. The Morgan fingerprint density at radius 3 is 2.62 bits per heavy atom. The summed E-state index contributed by atoms with van der Waals surface area (Å²) >= 11 is 6.39. The lowest BCUT2D eigenvalue weighted by atomic mass is 9.88. The van der Waals surface area contributed by atoms with Crippen molar-refractivity contribution in [2.24, 2.45) is 23.5 Å². The number of alkyl halides is 3. The molecule has 1 saturated carbocycles. The summed E-state index contributed by atoms with van der Waals surface area (Å²) < 4.78 is 44.1. The predicted molar refractivity (Wildman–Crippen MR) is 140 cm³/mol. The number of nitrogens with two attached hydrogens (primary N) is 1. The fraction of sp³-hybridized carbons (Fsp3) is 0.500. The summed E-state index contributed by atoms with van der Waals surface area (Å²) in [6, 6.07) is 3.51. The van der Waals surface area contributed by atoms with Crippen LogP contribution in [-0.2, 0) is 17.6 Å². The first-order valence-electron chi connectivity index (χ1n) is 12.7. The summed E-state index contributed by atoms with van der Waals surface area (Å²) in [5.74, 6) is 0.670. The van der Waals surface area contributed by atoms with Gasteiger partial charge in [-0.05, 0) is 54.4 Å². The molecule has 1 aliphatic heterocycles. The number of methoxy groups -OCH3 is 1. The van der Waals surface area contributed by atoms with Crippen LogP contribution in [0, 0.1) is 17.8 Å². The van der Waals surface area contributed by atoms with Crippen LogP contribution in [-0.4, -0.2) is 70.9 Å². The molecule has 0 saturated heterocycles. The maximum atomic E-state index is 12.8. The van der Waals surface area contributed by atoms with Gasteiger partial charge in [-0.25, -0.2) is 4.98 Å². The topological polar surface area (TPSA) is 126 Å². The Morgan fingerprint density at radius 1 is 1.26 bits per heavy atom. The third-order valence-electron chi connectivity index (χ3n) is 7.81. The summed E-state index contributed by atoms with van der Waals surface area (Å²) in [5.41, 5.74) is 8.18. The fourth-order valence-corrected chi connectivity index (χ4v) is 5.96. The number of aliphatic hydroxyl groups excluding tert-OH is 1. The number of aliphatic hydroxyl groups is 1. The highest BCUT2D eigenvalue weighted by Crippen LogP contribution is 2.45. The van der Waals surface area contributed by atoms with Gasteiger partial charge in [0.05, 0.1) is 24.9 Å². The molecule has 2 bridgehead atoms. The van der Waals surface area contributed by atoms with Crippen LogP contribution in [0.5, 0.6) is 5.75 Å². The number of nitrogens with one attached hydrogen (secondary N) is 2. The number of halogens is 4. The molecule has 39 heavy (non-hydrogen) atoms. The molecule has 1 aromatic carbocycles. The molecule has 13 heteroatoms. The molecule has 1 fully saturated rings. The van der Waals surface area contributed by atoms with Crippen LogP contribution in [0.3, 0.4) is 0 Å². The van der Waals surface area contributed by atoms with E-state index in [0.29, 0.717) is 48.2 Å². The van der Waals surface area contributed by atoms with Gasteiger partial charge in [-0.3, -0.25) is 9.69 Å². The normalized spacial score (nSPS) is 25.2.